The van der Waals surface area contributed by atoms with Crippen molar-refractivity contribution in [3.05, 3.63) is 64.5 Å². The number of halogens is 1. The van der Waals surface area contributed by atoms with Crippen molar-refractivity contribution in [2.24, 2.45) is 0 Å². The van der Waals surface area contributed by atoms with Crippen LogP contribution in [0, 0.1) is 33.5 Å². The molecule has 29 heavy (non-hydrogen) atoms. The fourth-order valence-corrected chi connectivity index (χ4v) is 3.49. The SMILES string of the molecule is Cc1cc(C)n(CCCNC(=S)Nc2c(C)nn(Cc3ccc(F)cc3)c2C)n1. The first-order chi connectivity index (χ1) is 13.8. The predicted molar refractivity (Wildman–Crippen MR) is 118 cm³/mol. The lowest BCUT2D eigenvalue weighted by Gasteiger charge is -2.12. The molecule has 154 valence electrons. The molecule has 3 rings (SSSR count). The summed E-state index contributed by atoms with van der Waals surface area (Å²) in [5, 5.41) is 16.1. The highest BCUT2D eigenvalue weighted by molar-refractivity contribution is 7.80. The van der Waals surface area contributed by atoms with E-state index < -0.39 is 0 Å². The first-order valence-electron chi connectivity index (χ1n) is 9.68. The Hall–Kier alpha value is -2.74. The zero-order valence-corrected chi connectivity index (χ0v) is 18.1. The molecule has 2 aromatic heterocycles. The van der Waals surface area contributed by atoms with Gasteiger partial charge in [0, 0.05) is 18.8 Å². The number of aryl methyl sites for hydroxylation is 4. The van der Waals surface area contributed by atoms with Crippen LogP contribution < -0.4 is 10.6 Å². The van der Waals surface area contributed by atoms with Crippen molar-refractivity contribution in [2.45, 2.75) is 47.2 Å². The first kappa shape index (κ1) is 21.0. The summed E-state index contributed by atoms with van der Waals surface area (Å²) in [4.78, 5) is 0. The van der Waals surface area contributed by atoms with Crippen molar-refractivity contribution in [2.75, 3.05) is 11.9 Å². The number of nitrogens with zero attached hydrogens (tertiary/aromatic N) is 4. The van der Waals surface area contributed by atoms with Crippen LogP contribution in [-0.2, 0) is 13.1 Å². The maximum atomic E-state index is 13.1. The van der Waals surface area contributed by atoms with Crippen LogP contribution in [0.25, 0.3) is 0 Å². The Kier molecular flexibility index (Phi) is 6.64. The van der Waals surface area contributed by atoms with Gasteiger partial charge in [-0.1, -0.05) is 12.1 Å². The first-order valence-corrected chi connectivity index (χ1v) is 10.1. The van der Waals surface area contributed by atoms with E-state index in [1.807, 2.05) is 30.1 Å². The highest BCUT2D eigenvalue weighted by atomic mass is 32.1. The Balaban J connectivity index is 1.52. The maximum absolute atomic E-state index is 13.1. The van der Waals surface area contributed by atoms with Crippen molar-refractivity contribution in [1.29, 1.82) is 0 Å². The van der Waals surface area contributed by atoms with Gasteiger partial charge in [-0.05, 0) is 70.1 Å². The molecule has 0 bridgehead atoms. The van der Waals surface area contributed by atoms with Crippen LogP contribution in [0.1, 0.15) is 34.8 Å². The minimum atomic E-state index is -0.237. The Labute approximate surface area is 176 Å². The summed E-state index contributed by atoms with van der Waals surface area (Å²) in [5.74, 6) is -0.237. The fourth-order valence-electron chi connectivity index (χ4n) is 3.28. The molecule has 1 aromatic carbocycles. The lowest BCUT2D eigenvalue weighted by molar-refractivity contribution is 0.558. The molecule has 0 amide bonds. The van der Waals surface area contributed by atoms with E-state index in [1.165, 1.54) is 17.8 Å². The Morgan fingerprint density at radius 1 is 1.07 bits per heavy atom. The van der Waals surface area contributed by atoms with Crippen LogP contribution in [0.3, 0.4) is 0 Å². The van der Waals surface area contributed by atoms with Crippen molar-refractivity contribution >= 4 is 23.0 Å². The summed E-state index contributed by atoms with van der Waals surface area (Å²) in [6, 6.07) is 8.55. The summed E-state index contributed by atoms with van der Waals surface area (Å²) in [5.41, 5.74) is 5.96. The van der Waals surface area contributed by atoms with Gasteiger partial charge in [0.1, 0.15) is 5.82 Å². The summed E-state index contributed by atoms with van der Waals surface area (Å²) in [6.45, 7) is 10.2. The Morgan fingerprint density at radius 2 is 1.79 bits per heavy atom. The minimum absolute atomic E-state index is 0.237. The van der Waals surface area contributed by atoms with Gasteiger partial charge in [0.15, 0.2) is 5.11 Å². The second-order valence-electron chi connectivity index (χ2n) is 7.21. The highest BCUT2D eigenvalue weighted by Gasteiger charge is 2.13. The van der Waals surface area contributed by atoms with Gasteiger partial charge in [-0.3, -0.25) is 9.36 Å². The molecular formula is C21H27FN6S. The molecule has 6 nitrogen and oxygen atoms in total. The van der Waals surface area contributed by atoms with E-state index in [1.54, 1.807) is 12.1 Å². The number of hydrogen-bond acceptors (Lipinski definition) is 3. The lowest BCUT2D eigenvalue weighted by Crippen LogP contribution is -2.30. The van der Waals surface area contributed by atoms with E-state index in [2.05, 4.69) is 33.8 Å². The summed E-state index contributed by atoms with van der Waals surface area (Å²) < 4.78 is 17.0. The quantitative estimate of drug-likeness (QED) is 0.454. The number of aromatic nitrogens is 4. The van der Waals surface area contributed by atoms with Crippen LogP contribution in [0.2, 0.25) is 0 Å². The monoisotopic (exact) mass is 414 g/mol. The van der Waals surface area contributed by atoms with E-state index >= 15 is 0 Å². The largest absolute Gasteiger partial charge is 0.362 e. The number of thiocarbonyl (C=S) groups is 1. The van der Waals surface area contributed by atoms with Gasteiger partial charge in [-0.15, -0.1) is 0 Å². The van der Waals surface area contributed by atoms with Gasteiger partial charge in [-0.25, -0.2) is 4.39 Å². The molecule has 0 aliphatic rings. The van der Waals surface area contributed by atoms with Gasteiger partial charge in [-0.2, -0.15) is 10.2 Å². The number of anilines is 1. The molecule has 0 saturated heterocycles. The molecular weight excluding hydrogens is 387 g/mol. The van der Waals surface area contributed by atoms with E-state index in [9.17, 15) is 4.39 Å². The number of nitrogens with one attached hydrogen (secondary N) is 2. The second kappa shape index (κ2) is 9.17. The van der Waals surface area contributed by atoms with Crippen LogP contribution in [0.5, 0.6) is 0 Å². The van der Waals surface area contributed by atoms with Crippen LogP contribution in [0.15, 0.2) is 30.3 Å². The molecule has 3 aromatic rings. The average molecular weight is 415 g/mol. The molecule has 8 heteroatoms. The van der Waals surface area contributed by atoms with Gasteiger partial charge in [0.25, 0.3) is 0 Å². The third-order valence-corrected chi connectivity index (χ3v) is 5.05. The normalized spacial score (nSPS) is 10.9. The minimum Gasteiger partial charge on any atom is -0.362 e. The third-order valence-electron chi connectivity index (χ3n) is 4.80. The second-order valence-corrected chi connectivity index (χ2v) is 7.62. The van der Waals surface area contributed by atoms with Gasteiger partial charge >= 0.3 is 0 Å². The molecule has 2 N–H and O–H groups in total. The lowest BCUT2D eigenvalue weighted by atomic mass is 10.2. The molecule has 0 aliphatic heterocycles. The van der Waals surface area contributed by atoms with E-state index in [-0.39, 0.29) is 5.82 Å². The van der Waals surface area contributed by atoms with Crippen LogP contribution in [0.4, 0.5) is 10.1 Å². The van der Waals surface area contributed by atoms with E-state index in [4.69, 9.17) is 12.2 Å². The summed E-state index contributed by atoms with van der Waals surface area (Å²) >= 11 is 5.45. The highest BCUT2D eigenvalue weighted by Crippen LogP contribution is 2.20. The molecule has 0 saturated carbocycles. The molecule has 0 spiro atoms. The molecule has 0 radical (unpaired) electrons. The van der Waals surface area contributed by atoms with E-state index in [0.29, 0.717) is 11.7 Å². The fraction of sp³-hybridized carbons (Fsp3) is 0.381. The molecule has 0 atom stereocenters. The number of benzene rings is 1. The number of rotatable bonds is 7. The van der Waals surface area contributed by atoms with Crippen LogP contribution >= 0.6 is 12.2 Å². The van der Waals surface area contributed by atoms with E-state index in [0.717, 1.165) is 47.8 Å². The van der Waals surface area contributed by atoms with Crippen molar-refractivity contribution in [3.63, 3.8) is 0 Å². The Morgan fingerprint density at radius 3 is 2.45 bits per heavy atom. The van der Waals surface area contributed by atoms with Crippen LogP contribution in [-0.4, -0.2) is 31.2 Å². The molecule has 0 fully saturated rings. The summed E-state index contributed by atoms with van der Waals surface area (Å²) in [6.07, 6.45) is 0.922. The average Bonchev–Trinajstić information content (AvgIpc) is 3.13. The maximum Gasteiger partial charge on any atom is 0.170 e. The van der Waals surface area contributed by atoms with Crippen molar-refractivity contribution < 1.29 is 4.39 Å². The van der Waals surface area contributed by atoms with Crippen molar-refractivity contribution in [3.8, 4) is 0 Å². The molecule has 0 aliphatic carbocycles. The Bertz CT molecular complexity index is 990. The zero-order valence-electron chi connectivity index (χ0n) is 17.3. The van der Waals surface area contributed by atoms with Crippen molar-refractivity contribution in [1.82, 2.24) is 24.9 Å². The number of hydrogen-bond donors (Lipinski definition) is 2. The summed E-state index contributed by atoms with van der Waals surface area (Å²) in [7, 11) is 0. The van der Waals surface area contributed by atoms with Gasteiger partial charge in [0.05, 0.1) is 29.3 Å². The van der Waals surface area contributed by atoms with Gasteiger partial charge < -0.3 is 10.6 Å². The molecule has 2 heterocycles. The zero-order chi connectivity index (χ0) is 21.0. The van der Waals surface area contributed by atoms with Gasteiger partial charge in [0.2, 0.25) is 0 Å². The smallest absolute Gasteiger partial charge is 0.170 e. The topological polar surface area (TPSA) is 59.7 Å². The molecule has 0 unspecified atom stereocenters. The standard InChI is InChI=1S/C21H27FN6S/c1-14-12-15(2)27(25-14)11-5-10-23-21(29)24-20-16(3)26-28(17(20)4)13-18-6-8-19(22)9-7-18/h6-9,12H,5,10-11,13H2,1-4H3,(H2,23,24,29). The predicted octanol–water partition coefficient (Wildman–Crippen LogP) is 3.88. The third kappa shape index (κ3) is 5.41.